The largest absolute Gasteiger partial charge is 0.192 e. The van der Waals surface area contributed by atoms with Crippen LogP contribution in [0.15, 0.2) is 46.5 Å². The van der Waals surface area contributed by atoms with Crippen molar-refractivity contribution in [3.05, 3.63) is 52.0 Å². The van der Waals surface area contributed by atoms with Gasteiger partial charge in [-0.25, -0.2) is 0 Å². The lowest BCUT2D eigenvalue weighted by Gasteiger charge is -1.97. The second-order valence-electron chi connectivity index (χ2n) is 2.83. The van der Waals surface area contributed by atoms with Gasteiger partial charge in [-0.15, -0.1) is 0 Å². The van der Waals surface area contributed by atoms with Gasteiger partial charge in [0.05, 0.1) is 0 Å². The fourth-order valence-corrected chi connectivity index (χ4v) is 1.41. The highest BCUT2D eigenvalue weighted by Crippen LogP contribution is 2.21. The molecule has 1 rings (SSSR count). The van der Waals surface area contributed by atoms with E-state index < -0.39 is 0 Å². The van der Waals surface area contributed by atoms with Gasteiger partial charge in [0.25, 0.3) is 0 Å². The number of benzene rings is 1. The molecule has 0 saturated heterocycles. The summed E-state index contributed by atoms with van der Waals surface area (Å²) in [6.07, 6.45) is 2.93. The molecule has 0 heterocycles. The summed E-state index contributed by atoms with van der Waals surface area (Å²) in [5.41, 5.74) is 0.853. The van der Waals surface area contributed by atoms with E-state index in [9.17, 15) is 0 Å². The molecule has 0 bridgehead atoms. The standard InChI is InChI=1S/C12H6BrClN2/c13-11-4-2-10(3-5-11)12(14)6-1-9(7-15)8-16/h1-6H/b12-6-. The Labute approximate surface area is 107 Å². The Kier molecular flexibility index (Phi) is 4.79. The third-order valence-electron chi connectivity index (χ3n) is 1.76. The minimum atomic E-state index is 0.0234. The summed E-state index contributed by atoms with van der Waals surface area (Å²) in [4.78, 5) is 0. The van der Waals surface area contributed by atoms with Crippen LogP contribution in [-0.4, -0.2) is 0 Å². The van der Waals surface area contributed by atoms with E-state index in [4.69, 9.17) is 22.1 Å². The molecule has 16 heavy (non-hydrogen) atoms. The van der Waals surface area contributed by atoms with Crippen molar-refractivity contribution in [1.82, 2.24) is 0 Å². The lowest BCUT2D eigenvalue weighted by molar-refractivity contribution is 1.46. The van der Waals surface area contributed by atoms with Crippen LogP contribution in [0, 0.1) is 22.7 Å². The van der Waals surface area contributed by atoms with Crippen molar-refractivity contribution in [3.63, 3.8) is 0 Å². The van der Waals surface area contributed by atoms with E-state index in [0.717, 1.165) is 10.0 Å². The lowest BCUT2D eigenvalue weighted by atomic mass is 10.2. The van der Waals surface area contributed by atoms with Gasteiger partial charge in [0.1, 0.15) is 17.7 Å². The highest BCUT2D eigenvalue weighted by Gasteiger charge is 1.97. The van der Waals surface area contributed by atoms with E-state index in [1.54, 1.807) is 12.1 Å². The smallest absolute Gasteiger partial charge is 0.129 e. The van der Waals surface area contributed by atoms with Crippen molar-refractivity contribution in [2.45, 2.75) is 0 Å². The zero-order valence-electron chi connectivity index (χ0n) is 8.11. The number of halogens is 2. The summed E-state index contributed by atoms with van der Waals surface area (Å²) < 4.78 is 0.964. The van der Waals surface area contributed by atoms with Gasteiger partial charge in [0.15, 0.2) is 0 Å². The minimum absolute atomic E-state index is 0.0234. The van der Waals surface area contributed by atoms with Gasteiger partial charge in [0.2, 0.25) is 0 Å². The fraction of sp³-hybridized carbons (Fsp3) is 0. The first-order valence-electron chi connectivity index (χ1n) is 4.31. The number of hydrogen-bond acceptors (Lipinski definition) is 2. The maximum absolute atomic E-state index is 8.53. The van der Waals surface area contributed by atoms with Crippen LogP contribution < -0.4 is 0 Å². The first kappa shape index (κ1) is 12.5. The third-order valence-corrected chi connectivity index (χ3v) is 2.63. The Morgan fingerprint density at radius 1 is 1.12 bits per heavy atom. The topological polar surface area (TPSA) is 47.6 Å². The summed E-state index contributed by atoms with van der Waals surface area (Å²) in [5, 5.41) is 17.5. The Morgan fingerprint density at radius 3 is 2.19 bits per heavy atom. The lowest BCUT2D eigenvalue weighted by Crippen LogP contribution is -1.76. The van der Waals surface area contributed by atoms with Crippen molar-refractivity contribution >= 4 is 32.6 Å². The van der Waals surface area contributed by atoms with Crippen LogP contribution in [0.3, 0.4) is 0 Å². The molecule has 1 aromatic carbocycles. The number of rotatable bonds is 2. The molecule has 0 spiro atoms. The van der Waals surface area contributed by atoms with Crippen LogP contribution in [0.4, 0.5) is 0 Å². The number of hydrogen-bond donors (Lipinski definition) is 0. The average molecular weight is 294 g/mol. The summed E-state index contributed by atoms with van der Waals surface area (Å²) >= 11 is 9.32. The molecule has 0 aromatic heterocycles. The van der Waals surface area contributed by atoms with E-state index in [2.05, 4.69) is 15.9 Å². The van der Waals surface area contributed by atoms with Crippen molar-refractivity contribution in [2.24, 2.45) is 0 Å². The van der Waals surface area contributed by atoms with Gasteiger partial charge >= 0.3 is 0 Å². The van der Waals surface area contributed by atoms with Crippen LogP contribution in [0.2, 0.25) is 0 Å². The quantitative estimate of drug-likeness (QED) is 0.611. The molecule has 0 radical (unpaired) electrons. The van der Waals surface area contributed by atoms with Crippen molar-refractivity contribution < 1.29 is 0 Å². The van der Waals surface area contributed by atoms with Crippen LogP contribution >= 0.6 is 27.5 Å². The predicted molar refractivity (Wildman–Crippen MR) is 67.3 cm³/mol. The molecule has 4 heteroatoms. The predicted octanol–water partition coefficient (Wildman–Crippen LogP) is 4.00. The summed E-state index contributed by atoms with van der Waals surface area (Å²) in [6.45, 7) is 0. The van der Waals surface area contributed by atoms with E-state index in [-0.39, 0.29) is 5.57 Å². The van der Waals surface area contributed by atoms with Gasteiger partial charge < -0.3 is 0 Å². The number of nitriles is 2. The summed E-state index contributed by atoms with van der Waals surface area (Å²) in [7, 11) is 0. The molecular formula is C12H6BrClN2. The van der Waals surface area contributed by atoms with Crippen LogP contribution in [0.5, 0.6) is 0 Å². The first-order valence-corrected chi connectivity index (χ1v) is 5.48. The molecule has 0 fully saturated rings. The summed E-state index contributed by atoms with van der Waals surface area (Å²) in [5.74, 6) is 0. The number of allylic oxidation sites excluding steroid dienone is 3. The van der Waals surface area contributed by atoms with Gasteiger partial charge in [-0.1, -0.05) is 39.7 Å². The van der Waals surface area contributed by atoms with Crippen LogP contribution in [0.25, 0.3) is 5.03 Å². The average Bonchev–Trinajstić information content (AvgIpc) is 2.31. The highest BCUT2D eigenvalue weighted by atomic mass is 79.9. The maximum atomic E-state index is 8.53. The Hall–Kier alpha value is -1.55. The molecule has 0 saturated carbocycles. The second-order valence-corrected chi connectivity index (χ2v) is 4.15. The molecule has 0 aliphatic rings. The number of nitrogens with zero attached hydrogens (tertiary/aromatic N) is 2. The van der Waals surface area contributed by atoms with E-state index in [0.29, 0.717) is 5.03 Å². The van der Waals surface area contributed by atoms with E-state index in [1.807, 2.05) is 24.3 Å². The molecule has 0 amide bonds. The van der Waals surface area contributed by atoms with Crippen LogP contribution in [0.1, 0.15) is 5.56 Å². The molecule has 0 aliphatic carbocycles. The van der Waals surface area contributed by atoms with Crippen molar-refractivity contribution in [1.29, 1.82) is 10.5 Å². The van der Waals surface area contributed by atoms with Crippen molar-refractivity contribution in [2.75, 3.05) is 0 Å². The van der Waals surface area contributed by atoms with E-state index in [1.165, 1.54) is 12.2 Å². The SMILES string of the molecule is N#CC(C#N)=C/C=C(\Cl)c1ccc(Br)cc1. The van der Waals surface area contributed by atoms with Crippen LogP contribution in [-0.2, 0) is 0 Å². The molecule has 78 valence electrons. The molecule has 0 atom stereocenters. The normalized spacial score (nSPS) is 10.1. The van der Waals surface area contributed by atoms with E-state index >= 15 is 0 Å². The molecular weight excluding hydrogens is 288 g/mol. The van der Waals surface area contributed by atoms with Gasteiger partial charge in [-0.3, -0.25) is 0 Å². The van der Waals surface area contributed by atoms with Crippen molar-refractivity contribution in [3.8, 4) is 12.1 Å². The minimum Gasteiger partial charge on any atom is -0.192 e. The first-order chi connectivity index (χ1) is 7.67. The monoisotopic (exact) mass is 292 g/mol. The third kappa shape index (κ3) is 3.55. The zero-order chi connectivity index (χ0) is 12.0. The van der Waals surface area contributed by atoms with Gasteiger partial charge in [0, 0.05) is 9.51 Å². The zero-order valence-corrected chi connectivity index (χ0v) is 10.5. The maximum Gasteiger partial charge on any atom is 0.129 e. The summed E-state index contributed by atoms with van der Waals surface area (Å²) in [6, 6.07) is 10.9. The fourth-order valence-electron chi connectivity index (χ4n) is 0.961. The molecule has 0 aliphatic heterocycles. The highest BCUT2D eigenvalue weighted by molar-refractivity contribution is 9.10. The molecule has 0 unspecified atom stereocenters. The Balaban J connectivity index is 2.96. The second kappa shape index (κ2) is 6.12. The molecule has 1 aromatic rings. The van der Waals surface area contributed by atoms with Gasteiger partial charge in [-0.2, -0.15) is 10.5 Å². The molecule has 2 nitrogen and oxygen atoms in total. The van der Waals surface area contributed by atoms with Gasteiger partial charge in [-0.05, 0) is 29.8 Å². The molecule has 0 N–H and O–H groups in total. The Morgan fingerprint density at radius 2 is 1.69 bits per heavy atom. The Bertz CT molecular complexity index is 499.